The third-order valence-corrected chi connectivity index (χ3v) is 8.86. The molecule has 7 N–H and O–H groups in total. The fourth-order valence-electron chi connectivity index (χ4n) is 5.15. The van der Waals surface area contributed by atoms with E-state index in [1.807, 2.05) is 0 Å². The predicted octanol–water partition coefficient (Wildman–Crippen LogP) is -0.323. The third kappa shape index (κ3) is 6.71. The van der Waals surface area contributed by atoms with Gasteiger partial charge in [-0.2, -0.15) is 9.97 Å². The van der Waals surface area contributed by atoms with E-state index in [2.05, 4.69) is 46.8 Å². The molecule has 21 nitrogen and oxygen atoms in total. The maximum absolute atomic E-state index is 13.2. The Hall–Kier alpha value is -3.33. The minimum atomic E-state index is -4.91. The normalized spacial score (nSPS) is 26.6. The van der Waals surface area contributed by atoms with Crippen LogP contribution in [0.3, 0.4) is 0 Å². The van der Waals surface area contributed by atoms with E-state index in [9.17, 15) is 29.1 Å². The number of phosphoric ester groups is 1. The molecular formula is C23H32N10O11P2. The van der Waals surface area contributed by atoms with E-state index in [4.69, 9.17) is 23.0 Å². The van der Waals surface area contributed by atoms with E-state index < -0.39 is 64.4 Å². The number of nitrogens with zero attached hydrogens (tertiary/aromatic N) is 7. The molecule has 6 rings (SSSR count). The summed E-state index contributed by atoms with van der Waals surface area (Å²) in [6.45, 7) is -0.906. The molecule has 0 aromatic carbocycles. The van der Waals surface area contributed by atoms with Gasteiger partial charge in [0.05, 0.1) is 38.2 Å². The van der Waals surface area contributed by atoms with Gasteiger partial charge in [0.1, 0.15) is 30.1 Å². The zero-order chi connectivity index (χ0) is 32.8. The van der Waals surface area contributed by atoms with Gasteiger partial charge in [0, 0.05) is 14.1 Å². The summed E-state index contributed by atoms with van der Waals surface area (Å²) < 4.78 is 43.7. The van der Waals surface area contributed by atoms with Gasteiger partial charge in [-0.3, -0.25) is 28.0 Å². The maximum Gasteiger partial charge on any atom is 0.472 e. The van der Waals surface area contributed by atoms with Crippen LogP contribution in [0.2, 0.25) is 0 Å². The predicted molar refractivity (Wildman–Crippen MR) is 161 cm³/mol. The SMILES string of the molecule is C=P(O)(O)OC[C@H]1O[C@@H](n2cnc3c(=O)[nH]c(NC)nc32)[C@H](OP(=O)(O)OC[C@@H]2CC[C@H](n3cnc4cnc(NC)nc43)O2)[C@@H]1O. The van der Waals surface area contributed by atoms with Crippen LogP contribution in [0, 0.1) is 0 Å². The number of hydrogen-bond acceptors (Lipinski definition) is 17. The highest BCUT2D eigenvalue weighted by atomic mass is 31.2. The van der Waals surface area contributed by atoms with Crippen LogP contribution in [-0.2, 0) is 27.6 Å². The minimum Gasteiger partial charge on any atom is -0.387 e. The van der Waals surface area contributed by atoms with Crippen LogP contribution >= 0.6 is 15.4 Å². The van der Waals surface area contributed by atoms with Gasteiger partial charge in [0.15, 0.2) is 23.0 Å². The molecule has 4 aromatic rings. The molecule has 0 radical (unpaired) electrons. The summed E-state index contributed by atoms with van der Waals surface area (Å²) in [6, 6.07) is 0. The first-order valence-electron chi connectivity index (χ1n) is 13.9. The van der Waals surface area contributed by atoms with E-state index >= 15 is 0 Å². The number of aliphatic hydroxyl groups excluding tert-OH is 1. The Morgan fingerprint density at radius 2 is 1.83 bits per heavy atom. The Morgan fingerprint density at radius 1 is 1.04 bits per heavy atom. The van der Waals surface area contributed by atoms with Crippen molar-refractivity contribution >= 4 is 55.9 Å². The summed E-state index contributed by atoms with van der Waals surface area (Å²) in [5.41, 5.74) is 0.454. The number of fused-ring (bicyclic) bond motifs is 2. The summed E-state index contributed by atoms with van der Waals surface area (Å²) in [5.74, 6) is 0.497. The third-order valence-electron chi connectivity index (χ3n) is 7.31. The number of nitrogens with one attached hydrogen (secondary N) is 3. The maximum atomic E-state index is 13.2. The summed E-state index contributed by atoms with van der Waals surface area (Å²) in [4.78, 5) is 66.1. The molecule has 0 aliphatic carbocycles. The topological polar surface area (TPSA) is 275 Å². The van der Waals surface area contributed by atoms with Crippen molar-refractivity contribution in [2.24, 2.45) is 0 Å². The number of aliphatic hydroxyl groups is 1. The Morgan fingerprint density at radius 3 is 2.57 bits per heavy atom. The molecule has 2 aliphatic heterocycles. The van der Waals surface area contributed by atoms with Gasteiger partial charge in [0.25, 0.3) is 5.56 Å². The zero-order valence-corrected chi connectivity index (χ0v) is 26.2. The van der Waals surface area contributed by atoms with Crippen molar-refractivity contribution in [2.45, 2.75) is 49.7 Å². The Balaban J connectivity index is 1.18. The van der Waals surface area contributed by atoms with E-state index in [-0.39, 0.29) is 23.7 Å². The van der Waals surface area contributed by atoms with Gasteiger partial charge in [-0.1, -0.05) is 0 Å². The van der Waals surface area contributed by atoms with Crippen LogP contribution < -0.4 is 16.2 Å². The van der Waals surface area contributed by atoms with Crippen LogP contribution in [0.15, 0.2) is 23.6 Å². The van der Waals surface area contributed by atoms with Crippen LogP contribution in [0.25, 0.3) is 22.3 Å². The number of H-pyrrole nitrogens is 1. The van der Waals surface area contributed by atoms with Crippen LogP contribution in [0.4, 0.5) is 11.9 Å². The Kier molecular flexibility index (Phi) is 9.00. The molecule has 7 atom stereocenters. The lowest BCUT2D eigenvalue weighted by Crippen LogP contribution is -2.35. The second kappa shape index (κ2) is 12.7. The molecule has 4 aromatic heterocycles. The van der Waals surface area contributed by atoms with Crippen molar-refractivity contribution in [3.63, 3.8) is 0 Å². The summed E-state index contributed by atoms with van der Waals surface area (Å²) in [5, 5.41) is 16.6. The number of rotatable bonds is 12. The van der Waals surface area contributed by atoms with Crippen molar-refractivity contribution in [1.82, 2.24) is 39.0 Å². The number of anilines is 2. The number of ether oxygens (including phenoxy) is 2. The summed E-state index contributed by atoms with van der Waals surface area (Å²) in [7, 11) is -5.67. The van der Waals surface area contributed by atoms with Gasteiger partial charge in [0.2, 0.25) is 19.5 Å². The van der Waals surface area contributed by atoms with Crippen LogP contribution in [0.1, 0.15) is 25.3 Å². The molecule has 2 aliphatic rings. The first-order chi connectivity index (χ1) is 21.9. The molecule has 2 fully saturated rings. The molecule has 23 heteroatoms. The Bertz CT molecular complexity index is 1880. The first kappa shape index (κ1) is 32.6. The molecule has 0 saturated carbocycles. The van der Waals surface area contributed by atoms with Gasteiger partial charge in [-0.05, 0) is 19.1 Å². The quantitative estimate of drug-likeness (QED) is 0.0940. The van der Waals surface area contributed by atoms with E-state index in [1.165, 1.54) is 17.9 Å². The average molecular weight is 687 g/mol. The minimum absolute atomic E-state index is 0.00186. The van der Waals surface area contributed by atoms with Crippen molar-refractivity contribution in [1.29, 1.82) is 0 Å². The molecule has 1 unspecified atom stereocenters. The average Bonchev–Trinajstić information content (AvgIpc) is 3.80. The highest BCUT2D eigenvalue weighted by molar-refractivity contribution is 7.57. The van der Waals surface area contributed by atoms with Crippen molar-refractivity contribution in [3.05, 3.63) is 29.2 Å². The van der Waals surface area contributed by atoms with Crippen molar-refractivity contribution in [2.75, 3.05) is 37.9 Å². The largest absolute Gasteiger partial charge is 0.472 e. The second-order valence-corrected chi connectivity index (χ2v) is 13.4. The molecule has 0 bridgehead atoms. The second-order valence-electron chi connectivity index (χ2n) is 10.4. The molecule has 0 amide bonds. The van der Waals surface area contributed by atoms with Gasteiger partial charge in [-0.15, -0.1) is 0 Å². The van der Waals surface area contributed by atoms with Crippen LogP contribution in [0.5, 0.6) is 0 Å². The van der Waals surface area contributed by atoms with Crippen LogP contribution in [-0.4, -0.2) is 117 Å². The highest BCUT2D eigenvalue weighted by Crippen LogP contribution is 2.50. The molecule has 250 valence electrons. The molecule has 46 heavy (non-hydrogen) atoms. The molecule has 2 saturated heterocycles. The standard InChI is InChI=1S/C23H32N10O11P2/c1-24-22-26-6-12-18(29-22)32(9-27-12)14-5-4-11(42-14)7-41-46(38,39)44-17-16(34)13(8-40-45(3,36)37)43-21(17)33-10-28-15-19(33)30-23(25-2)31-20(15)35/h6,9-11,13-14,16-17,21,34,36-37H,3-5,7-8H2,1-2H3,(H,38,39)(H,24,26,29)(H2,25,30,31,35)/t11-,13+,14+,16+,17+,21+/m0/s1. The number of aromatic amines is 1. The number of hydrogen-bond donors (Lipinski definition) is 7. The molecule has 6 heterocycles. The summed E-state index contributed by atoms with van der Waals surface area (Å²) in [6.07, 6.45) is 1.43. The van der Waals surface area contributed by atoms with E-state index in [1.54, 1.807) is 24.1 Å². The van der Waals surface area contributed by atoms with Gasteiger partial charge < -0.3 is 44.4 Å². The fourth-order valence-corrected chi connectivity index (χ4v) is 6.49. The first-order valence-corrected chi connectivity index (χ1v) is 17.1. The number of phosphoric acid groups is 1. The zero-order valence-electron chi connectivity index (χ0n) is 24.4. The van der Waals surface area contributed by atoms with Gasteiger partial charge >= 0.3 is 7.82 Å². The number of aromatic nitrogens is 8. The highest BCUT2D eigenvalue weighted by Gasteiger charge is 2.50. The van der Waals surface area contributed by atoms with Gasteiger partial charge in [-0.25, -0.2) is 19.5 Å². The lowest BCUT2D eigenvalue weighted by Gasteiger charge is -2.24. The van der Waals surface area contributed by atoms with Crippen molar-refractivity contribution < 1.29 is 47.4 Å². The molecule has 0 spiro atoms. The van der Waals surface area contributed by atoms with E-state index in [0.717, 1.165) is 0 Å². The summed E-state index contributed by atoms with van der Waals surface area (Å²) >= 11 is 0. The smallest absolute Gasteiger partial charge is 0.387 e. The monoisotopic (exact) mass is 686 g/mol. The number of imidazole rings is 2. The van der Waals surface area contributed by atoms with Crippen molar-refractivity contribution in [3.8, 4) is 0 Å². The fraction of sp³-hybridized carbons (Fsp3) is 0.522. The Labute approximate surface area is 259 Å². The lowest BCUT2D eigenvalue weighted by molar-refractivity contribution is -0.0525. The lowest BCUT2D eigenvalue weighted by atomic mass is 10.1. The molecular weight excluding hydrogens is 654 g/mol. The van der Waals surface area contributed by atoms with E-state index in [0.29, 0.717) is 30.0 Å².